The fourth-order valence-corrected chi connectivity index (χ4v) is 0. The van der Waals surface area contributed by atoms with Crippen molar-refractivity contribution in [2.45, 2.75) is 0 Å². The van der Waals surface area contributed by atoms with Gasteiger partial charge in [-0.2, -0.15) is 0 Å². The Morgan fingerprint density at radius 3 is 0.286 bits per heavy atom. The van der Waals surface area contributed by atoms with Gasteiger partial charge in [0.25, 0.3) is 0 Å². The van der Waals surface area contributed by atoms with Crippen LogP contribution in [0.5, 0.6) is 0 Å². The second-order valence-corrected chi connectivity index (χ2v) is 0. The van der Waals surface area contributed by atoms with E-state index in [-0.39, 0.29) is 81.6 Å². The molecule has 0 heterocycles. The molecule has 0 aromatic carbocycles. The average molecular weight is 327 g/mol. The van der Waals surface area contributed by atoms with Crippen LogP contribution in [0.4, 0.5) is 0 Å². The molecule has 7 heavy (non-hydrogen) atoms. The van der Waals surface area contributed by atoms with Gasteiger partial charge >= 0.3 is 31.1 Å². The Bertz CT molecular complexity index is 4.14. The second kappa shape index (κ2) is 149. The minimum atomic E-state index is 0. The van der Waals surface area contributed by atoms with E-state index in [9.17, 15) is 0 Å². The van der Waals surface area contributed by atoms with Gasteiger partial charge in [-0.05, 0) is 0 Å². The van der Waals surface area contributed by atoms with Crippen molar-refractivity contribution in [2.75, 3.05) is 0 Å². The van der Waals surface area contributed by atoms with Crippen LogP contribution in [0.1, 0.15) is 0 Å². The van der Waals surface area contributed by atoms with Crippen molar-refractivity contribution in [3.8, 4) is 0 Å². The summed E-state index contributed by atoms with van der Waals surface area (Å²) in [6.45, 7) is 0. The molecule has 0 rings (SSSR count). The Balaban J connectivity index is 0. The number of rotatable bonds is 0. The van der Waals surface area contributed by atoms with E-state index in [1.165, 1.54) is 0 Å². The van der Waals surface area contributed by atoms with Gasteiger partial charge in [0, 0.05) is 0 Å². The molecule has 0 unspecified atom stereocenters. The maximum atomic E-state index is 0. The molecule has 0 aliphatic carbocycles. The molecule has 0 saturated heterocycles. The van der Waals surface area contributed by atoms with Crippen molar-refractivity contribution < 1.29 is 31.1 Å². The van der Waals surface area contributed by atoms with Crippen molar-refractivity contribution in [3.63, 3.8) is 0 Å². The van der Waals surface area contributed by atoms with Gasteiger partial charge in [-0.1, -0.05) is 50.5 Å². The van der Waals surface area contributed by atoms with E-state index < -0.39 is 0 Å². The zero-order valence-corrected chi connectivity index (χ0v) is 4.66. The molecule has 0 aliphatic heterocycles. The summed E-state index contributed by atoms with van der Waals surface area (Å²) in [6, 6.07) is 0. The quantitative estimate of drug-likeness (QED) is 0.388. The van der Waals surface area contributed by atoms with Crippen LogP contribution in [0, 0.1) is 31.1 Å². The summed E-state index contributed by atoms with van der Waals surface area (Å²) in [5.41, 5.74) is 0. The molecular weight excluding hydrogens is 303 g/mol. The summed E-state index contributed by atoms with van der Waals surface area (Å²) in [5, 5.41) is 0. The molecule has 0 fully saturated rings. The molecule has 0 aromatic rings. The molecule has 7 heteroatoms. The minimum Gasteiger partial charge on any atom is -0.0626 e. The molecule has 0 bridgehead atoms. The van der Waals surface area contributed by atoms with Crippen LogP contribution in [0.2, 0.25) is 0 Å². The van der Waals surface area contributed by atoms with Crippen LogP contribution >= 0.6 is 0 Å². The first-order valence-corrected chi connectivity index (χ1v) is 0. The summed E-state index contributed by atoms with van der Waals surface area (Å²) >= 11 is 0. The first-order chi connectivity index (χ1) is 0. The van der Waals surface area contributed by atoms with Gasteiger partial charge in [0.15, 0.2) is 0 Å². The van der Waals surface area contributed by atoms with Crippen LogP contribution in [0.3, 0.4) is 0 Å². The maximum absolute atomic E-state index is 0. The summed E-state index contributed by atoms with van der Waals surface area (Å²) in [5.74, 6) is 0. The number of hydrogen-bond donors (Lipinski definition) is 0. The van der Waals surface area contributed by atoms with Gasteiger partial charge in [0.1, 0.15) is 0 Å². The third-order valence-electron chi connectivity index (χ3n) is 0. The Labute approximate surface area is 81.2 Å². The smallest absolute Gasteiger partial charge is 0.0626 e. The summed E-state index contributed by atoms with van der Waals surface area (Å²) < 4.78 is 0. The van der Waals surface area contributed by atoms with Gasteiger partial charge in [0.05, 0.1) is 0 Å². The fraction of sp³-hybridized carbons (Fsp3) is 0. The van der Waals surface area contributed by atoms with E-state index in [4.69, 9.17) is 0 Å². The van der Waals surface area contributed by atoms with Gasteiger partial charge in [-0.25, -0.2) is 0 Å². The maximum Gasteiger partial charge on any atom is 6.00 e. The molecule has 0 nitrogen and oxygen atoms in total. The monoisotopic (exact) mass is 328 g/mol. The summed E-state index contributed by atoms with van der Waals surface area (Å²) in [6.07, 6.45) is 0. The van der Waals surface area contributed by atoms with Gasteiger partial charge in [-0.15, -0.1) is 0 Å². The van der Waals surface area contributed by atoms with Gasteiger partial charge in [-0.3, -0.25) is 0 Å². The largest absolute Gasteiger partial charge is 6.00 e. The molecule has 0 aliphatic rings. The van der Waals surface area contributed by atoms with Crippen LogP contribution in [0.15, 0.2) is 0 Å². The van der Waals surface area contributed by atoms with Crippen molar-refractivity contribution >= 4 is 50.5 Å². The molecule has 0 aromatic heterocycles. The summed E-state index contributed by atoms with van der Waals surface area (Å²) in [4.78, 5) is 0. The molecule has 0 radical (unpaired) electrons. The van der Waals surface area contributed by atoms with Crippen LogP contribution in [-0.2, 0) is 0 Å². The molecule has 0 spiro atoms. The Kier molecular flexibility index (Phi) is 4770. The van der Waals surface area contributed by atoms with Crippen LogP contribution < -0.4 is 0 Å². The van der Waals surface area contributed by atoms with E-state index in [1.54, 1.807) is 0 Å². The van der Waals surface area contributed by atoms with Crippen molar-refractivity contribution in [3.05, 3.63) is 0 Å². The molecule has 0 atom stereocenters. The van der Waals surface area contributed by atoms with Crippen molar-refractivity contribution in [1.29, 1.82) is 0 Å². The first-order valence-electron chi connectivity index (χ1n) is 0. The predicted molar refractivity (Wildman–Crippen MR) is 68.0 cm³/mol. The molecule has 46 valence electrons. The fourth-order valence-electron chi connectivity index (χ4n) is 0. The summed E-state index contributed by atoms with van der Waals surface area (Å²) in [7, 11) is 0. The van der Waals surface area contributed by atoms with Crippen molar-refractivity contribution in [2.24, 2.45) is 0 Å². The Hall–Kier alpha value is 1.44. The third kappa shape index (κ3) is 106. The van der Waals surface area contributed by atoms with E-state index in [1.807, 2.05) is 0 Å². The Morgan fingerprint density at radius 2 is 0.286 bits per heavy atom. The topological polar surface area (TPSA) is 0 Å². The van der Waals surface area contributed by atoms with Crippen LogP contribution in [0.25, 0.3) is 0 Å². The second-order valence-electron chi connectivity index (χ2n) is 0. The minimum absolute atomic E-state index is 0. The molecular formula is H24B6U. The third-order valence-corrected chi connectivity index (χ3v) is 0. The van der Waals surface area contributed by atoms with E-state index in [0.717, 1.165) is 0 Å². The SMILES string of the molecule is [BH4-].[BH4-].[BH4-].[BH4-].[BH4-].[BH4-].[U+6]. The molecule has 0 amide bonds. The standard InChI is InChI=1S/6BH4.U/h6*1H4;/q6*-1;+6. The van der Waals surface area contributed by atoms with Gasteiger partial charge in [0.2, 0.25) is 0 Å². The van der Waals surface area contributed by atoms with Gasteiger partial charge < -0.3 is 0 Å². The average Bonchev–Trinajstić information content (AvgIpc) is 0. The Morgan fingerprint density at radius 1 is 0.286 bits per heavy atom. The zero-order chi connectivity index (χ0) is 0. The van der Waals surface area contributed by atoms with E-state index in [2.05, 4.69) is 0 Å². The van der Waals surface area contributed by atoms with Crippen LogP contribution in [-0.4, -0.2) is 50.5 Å². The normalized spacial score (nSPS) is 0. The first kappa shape index (κ1) is 225. The van der Waals surface area contributed by atoms with E-state index >= 15 is 0 Å². The molecule has 0 saturated carbocycles. The zero-order valence-electron chi connectivity index (χ0n) is 0.500. The van der Waals surface area contributed by atoms with Crippen molar-refractivity contribution in [1.82, 2.24) is 0 Å². The number of hydrogen-bond acceptors (Lipinski definition) is 0. The molecule has 0 N–H and O–H groups in total. The van der Waals surface area contributed by atoms with E-state index in [0.29, 0.717) is 0 Å². The predicted octanol–water partition coefficient (Wildman–Crippen LogP) is -8.71.